The highest BCUT2D eigenvalue weighted by atomic mass is 35.5. The van der Waals surface area contributed by atoms with Gasteiger partial charge in [-0.25, -0.2) is 0 Å². The first-order chi connectivity index (χ1) is 11.9. The molecule has 0 aliphatic rings. The van der Waals surface area contributed by atoms with Crippen molar-refractivity contribution in [1.29, 1.82) is 0 Å². The molecule has 0 radical (unpaired) electrons. The zero-order valence-electron chi connectivity index (χ0n) is 14.8. The number of rotatable bonds is 7. The van der Waals surface area contributed by atoms with Crippen LogP contribution in [0.15, 0.2) is 36.4 Å². The van der Waals surface area contributed by atoms with Gasteiger partial charge in [0, 0.05) is 18.6 Å². The van der Waals surface area contributed by atoms with E-state index in [4.69, 9.17) is 25.8 Å². The normalized spacial score (nSPS) is 10.3. The predicted molar refractivity (Wildman–Crippen MR) is 97.7 cm³/mol. The molecular weight excluding hydrogens is 342 g/mol. The molecule has 0 saturated carbocycles. The fourth-order valence-corrected chi connectivity index (χ4v) is 2.45. The number of carbonyl (C=O) groups is 1. The highest BCUT2D eigenvalue weighted by Gasteiger charge is 2.14. The first kappa shape index (κ1) is 18.9. The van der Waals surface area contributed by atoms with Crippen LogP contribution >= 0.6 is 11.6 Å². The van der Waals surface area contributed by atoms with E-state index in [0.29, 0.717) is 28.8 Å². The summed E-state index contributed by atoms with van der Waals surface area (Å²) >= 11 is 5.83. The van der Waals surface area contributed by atoms with Crippen molar-refractivity contribution in [3.05, 3.63) is 52.5 Å². The number of amides is 1. The van der Waals surface area contributed by atoms with Crippen LogP contribution in [0, 0.1) is 6.92 Å². The molecule has 25 heavy (non-hydrogen) atoms. The van der Waals surface area contributed by atoms with Crippen molar-refractivity contribution in [2.45, 2.75) is 13.5 Å². The summed E-state index contributed by atoms with van der Waals surface area (Å²) < 4.78 is 16.1. The highest BCUT2D eigenvalue weighted by molar-refractivity contribution is 6.30. The number of likely N-dealkylation sites (N-methyl/N-ethyl adjacent to an activating group) is 1. The third kappa shape index (κ3) is 5.03. The third-order valence-corrected chi connectivity index (χ3v) is 4.10. The lowest BCUT2D eigenvalue weighted by Crippen LogP contribution is -2.31. The number of benzene rings is 2. The number of aryl methyl sites for hydroxylation is 1. The largest absolute Gasteiger partial charge is 0.493 e. The Kier molecular flexibility index (Phi) is 6.53. The van der Waals surface area contributed by atoms with Gasteiger partial charge in [0.05, 0.1) is 14.2 Å². The molecule has 6 heteroatoms. The summed E-state index contributed by atoms with van der Waals surface area (Å²) in [5.41, 5.74) is 2.01. The van der Waals surface area contributed by atoms with Crippen LogP contribution in [0.5, 0.6) is 17.2 Å². The summed E-state index contributed by atoms with van der Waals surface area (Å²) in [6.07, 6.45) is 0. The van der Waals surface area contributed by atoms with E-state index in [1.807, 2.05) is 19.1 Å². The minimum absolute atomic E-state index is 0.0372. The fraction of sp³-hybridized carbons (Fsp3) is 0.316. The van der Waals surface area contributed by atoms with E-state index >= 15 is 0 Å². The summed E-state index contributed by atoms with van der Waals surface area (Å²) in [5.74, 6) is 1.79. The van der Waals surface area contributed by atoms with E-state index in [-0.39, 0.29) is 12.5 Å². The van der Waals surface area contributed by atoms with E-state index in [0.717, 1.165) is 11.1 Å². The molecule has 2 rings (SSSR count). The number of hydrogen-bond acceptors (Lipinski definition) is 4. The molecule has 0 unspecified atom stereocenters. The Hall–Kier alpha value is -2.40. The van der Waals surface area contributed by atoms with Crippen LogP contribution in [0.25, 0.3) is 0 Å². The van der Waals surface area contributed by atoms with Gasteiger partial charge in [0.1, 0.15) is 5.75 Å². The van der Waals surface area contributed by atoms with E-state index in [2.05, 4.69) is 0 Å². The molecule has 0 heterocycles. The van der Waals surface area contributed by atoms with Gasteiger partial charge in [0.25, 0.3) is 5.91 Å². The Balaban J connectivity index is 1.99. The van der Waals surface area contributed by atoms with Crippen molar-refractivity contribution in [2.75, 3.05) is 27.9 Å². The standard InChI is InChI=1S/C19H22ClNO4/c1-13-9-17(23-3)18(24-4)10-14(13)11-21(2)19(22)12-25-16-7-5-15(20)6-8-16/h5-10H,11-12H2,1-4H3. The molecule has 0 aromatic heterocycles. The second-order valence-corrected chi connectivity index (χ2v) is 6.06. The van der Waals surface area contributed by atoms with Crippen molar-refractivity contribution < 1.29 is 19.0 Å². The molecule has 0 saturated heterocycles. The maximum absolute atomic E-state index is 12.3. The Morgan fingerprint density at radius 2 is 1.68 bits per heavy atom. The number of halogens is 1. The molecule has 0 aliphatic carbocycles. The van der Waals surface area contributed by atoms with Gasteiger partial charge in [-0.2, -0.15) is 0 Å². The van der Waals surface area contributed by atoms with Crippen molar-refractivity contribution in [3.8, 4) is 17.2 Å². The van der Waals surface area contributed by atoms with Gasteiger partial charge in [0.15, 0.2) is 18.1 Å². The van der Waals surface area contributed by atoms with Crippen molar-refractivity contribution >= 4 is 17.5 Å². The van der Waals surface area contributed by atoms with Crippen LogP contribution < -0.4 is 14.2 Å². The topological polar surface area (TPSA) is 48.0 Å². The summed E-state index contributed by atoms with van der Waals surface area (Å²) in [5, 5.41) is 0.625. The number of hydrogen-bond donors (Lipinski definition) is 0. The molecule has 0 fully saturated rings. The molecule has 2 aromatic carbocycles. The van der Waals surface area contributed by atoms with Gasteiger partial charge in [-0.15, -0.1) is 0 Å². The number of carbonyl (C=O) groups excluding carboxylic acids is 1. The average Bonchev–Trinajstić information content (AvgIpc) is 2.62. The quantitative estimate of drug-likeness (QED) is 0.752. The smallest absolute Gasteiger partial charge is 0.260 e. The third-order valence-electron chi connectivity index (χ3n) is 3.85. The van der Waals surface area contributed by atoms with Gasteiger partial charge < -0.3 is 19.1 Å². The fourth-order valence-electron chi connectivity index (χ4n) is 2.32. The molecular formula is C19H22ClNO4. The van der Waals surface area contributed by atoms with E-state index in [9.17, 15) is 4.79 Å². The number of methoxy groups -OCH3 is 2. The minimum Gasteiger partial charge on any atom is -0.493 e. The summed E-state index contributed by atoms with van der Waals surface area (Å²) in [6, 6.07) is 10.7. The molecule has 0 atom stereocenters. The van der Waals surface area contributed by atoms with Crippen LogP contribution in [0.4, 0.5) is 0 Å². The molecule has 5 nitrogen and oxygen atoms in total. The second-order valence-electron chi connectivity index (χ2n) is 5.63. The molecule has 2 aromatic rings. The first-order valence-electron chi connectivity index (χ1n) is 7.78. The van der Waals surface area contributed by atoms with Crippen molar-refractivity contribution in [2.24, 2.45) is 0 Å². The zero-order chi connectivity index (χ0) is 18.4. The molecule has 0 bridgehead atoms. The van der Waals surface area contributed by atoms with Crippen LogP contribution in [0.1, 0.15) is 11.1 Å². The van der Waals surface area contributed by atoms with Gasteiger partial charge >= 0.3 is 0 Å². The molecule has 0 N–H and O–H groups in total. The predicted octanol–water partition coefficient (Wildman–Crippen LogP) is 3.70. The minimum atomic E-state index is -0.121. The lowest BCUT2D eigenvalue weighted by molar-refractivity contribution is -0.132. The molecule has 1 amide bonds. The Labute approximate surface area is 153 Å². The van der Waals surface area contributed by atoms with Crippen LogP contribution in [-0.2, 0) is 11.3 Å². The van der Waals surface area contributed by atoms with E-state index in [1.165, 1.54) is 0 Å². The van der Waals surface area contributed by atoms with Crippen molar-refractivity contribution in [3.63, 3.8) is 0 Å². The lowest BCUT2D eigenvalue weighted by atomic mass is 10.1. The number of ether oxygens (including phenoxy) is 3. The van der Waals surface area contributed by atoms with Gasteiger partial charge in [-0.1, -0.05) is 11.6 Å². The van der Waals surface area contributed by atoms with Gasteiger partial charge in [-0.05, 0) is 54.4 Å². The zero-order valence-corrected chi connectivity index (χ0v) is 15.6. The monoisotopic (exact) mass is 363 g/mol. The lowest BCUT2D eigenvalue weighted by Gasteiger charge is -2.20. The van der Waals surface area contributed by atoms with Crippen LogP contribution in [-0.4, -0.2) is 38.7 Å². The Morgan fingerprint density at radius 3 is 2.28 bits per heavy atom. The Bertz CT molecular complexity index is 731. The summed E-state index contributed by atoms with van der Waals surface area (Å²) in [7, 11) is 4.93. The SMILES string of the molecule is COc1cc(C)c(CN(C)C(=O)COc2ccc(Cl)cc2)cc1OC. The van der Waals surface area contributed by atoms with E-state index in [1.54, 1.807) is 50.4 Å². The maximum atomic E-state index is 12.3. The molecule has 134 valence electrons. The highest BCUT2D eigenvalue weighted by Crippen LogP contribution is 2.30. The second kappa shape index (κ2) is 8.62. The molecule has 0 spiro atoms. The molecule has 0 aliphatic heterocycles. The van der Waals surface area contributed by atoms with Gasteiger partial charge in [0.2, 0.25) is 0 Å². The summed E-state index contributed by atoms with van der Waals surface area (Å²) in [4.78, 5) is 13.9. The maximum Gasteiger partial charge on any atom is 0.260 e. The first-order valence-corrected chi connectivity index (χ1v) is 8.16. The van der Waals surface area contributed by atoms with Crippen molar-refractivity contribution in [1.82, 2.24) is 4.90 Å². The van der Waals surface area contributed by atoms with E-state index < -0.39 is 0 Å². The van der Waals surface area contributed by atoms with Crippen LogP contribution in [0.3, 0.4) is 0 Å². The van der Waals surface area contributed by atoms with Crippen LogP contribution in [0.2, 0.25) is 5.02 Å². The summed E-state index contributed by atoms with van der Waals surface area (Å²) in [6.45, 7) is 2.39. The average molecular weight is 364 g/mol. The van der Waals surface area contributed by atoms with Gasteiger partial charge in [-0.3, -0.25) is 4.79 Å². The Morgan fingerprint density at radius 1 is 1.08 bits per heavy atom. The number of nitrogens with zero attached hydrogens (tertiary/aromatic N) is 1.